The minimum atomic E-state index is -0.456. The summed E-state index contributed by atoms with van der Waals surface area (Å²) < 4.78 is 12.7. The van der Waals surface area contributed by atoms with Gasteiger partial charge in [-0.05, 0) is 36.6 Å². The number of rotatable bonds is 5. The van der Waals surface area contributed by atoms with Gasteiger partial charge in [-0.25, -0.2) is 4.98 Å². The lowest BCUT2D eigenvalue weighted by atomic mass is 10.0. The van der Waals surface area contributed by atoms with Crippen LogP contribution in [0, 0.1) is 5.95 Å². The Bertz CT molecular complexity index is 505. The lowest BCUT2D eigenvalue weighted by Crippen LogP contribution is -2.07. The zero-order valence-corrected chi connectivity index (χ0v) is 11.4. The van der Waals surface area contributed by atoms with Crippen LogP contribution in [-0.4, -0.2) is 4.98 Å². The average Bonchev–Trinajstić information content (AvgIpc) is 2.42. The summed E-state index contributed by atoms with van der Waals surface area (Å²) in [5.41, 5.74) is 3.40. The molecule has 19 heavy (non-hydrogen) atoms. The molecule has 0 aliphatic carbocycles. The van der Waals surface area contributed by atoms with Gasteiger partial charge in [0.05, 0.1) is 11.9 Å². The van der Waals surface area contributed by atoms with E-state index in [1.807, 2.05) is 0 Å². The molecule has 1 aromatic carbocycles. The minimum absolute atomic E-state index is 0.169. The standard InChI is InChI=1S/C16H19FN2/c1-3-4-13-5-7-14(8-6-13)12(2)19-15-9-10-16(17)18-11-15/h5-12,19H,3-4H2,1-2H3. The Balaban J connectivity index is 2.02. The molecule has 1 N–H and O–H groups in total. The Morgan fingerprint density at radius 2 is 1.89 bits per heavy atom. The fraction of sp³-hybridized carbons (Fsp3) is 0.312. The molecular formula is C16H19FN2. The van der Waals surface area contributed by atoms with Gasteiger partial charge in [-0.2, -0.15) is 4.39 Å². The molecule has 0 saturated heterocycles. The highest BCUT2D eigenvalue weighted by Crippen LogP contribution is 2.19. The van der Waals surface area contributed by atoms with Crippen molar-refractivity contribution in [2.45, 2.75) is 32.7 Å². The monoisotopic (exact) mass is 258 g/mol. The van der Waals surface area contributed by atoms with E-state index in [1.165, 1.54) is 23.4 Å². The molecule has 1 atom stereocenters. The SMILES string of the molecule is CCCc1ccc(C(C)Nc2ccc(F)nc2)cc1. The van der Waals surface area contributed by atoms with Gasteiger partial charge in [0.25, 0.3) is 0 Å². The Kier molecular flexibility index (Phi) is 4.50. The summed E-state index contributed by atoms with van der Waals surface area (Å²) in [7, 11) is 0. The summed E-state index contributed by atoms with van der Waals surface area (Å²) in [6.45, 7) is 4.26. The molecule has 2 nitrogen and oxygen atoms in total. The average molecular weight is 258 g/mol. The molecule has 2 rings (SSSR count). The third-order valence-corrected chi connectivity index (χ3v) is 3.13. The van der Waals surface area contributed by atoms with Crippen molar-refractivity contribution < 1.29 is 4.39 Å². The van der Waals surface area contributed by atoms with E-state index in [0.717, 1.165) is 18.5 Å². The van der Waals surface area contributed by atoms with Crippen LogP contribution in [0.3, 0.4) is 0 Å². The summed E-state index contributed by atoms with van der Waals surface area (Å²) in [6.07, 6.45) is 3.79. The summed E-state index contributed by atoms with van der Waals surface area (Å²) in [4.78, 5) is 3.64. The third kappa shape index (κ3) is 3.78. The number of hydrogen-bond donors (Lipinski definition) is 1. The first kappa shape index (κ1) is 13.5. The molecule has 0 radical (unpaired) electrons. The van der Waals surface area contributed by atoms with E-state index < -0.39 is 5.95 Å². The maximum atomic E-state index is 12.7. The second-order valence-electron chi connectivity index (χ2n) is 4.73. The molecule has 100 valence electrons. The molecule has 1 unspecified atom stereocenters. The maximum Gasteiger partial charge on any atom is 0.212 e. The number of nitrogens with zero attached hydrogens (tertiary/aromatic N) is 1. The van der Waals surface area contributed by atoms with Crippen LogP contribution in [0.2, 0.25) is 0 Å². The summed E-state index contributed by atoms with van der Waals surface area (Å²) in [5, 5.41) is 3.31. The molecule has 1 heterocycles. The molecule has 1 aromatic heterocycles. The van der Waals surface area contributed by atoms with Crippen LogP contribution in [0.1, 0.15) is 37.4 Å². The van der Waals surface area contributed by atoms with Crippen LogP contribution in [-0.2, 0) is 6.42 Å². The molecule has 0 saturated carbocycles. The second kappa shape index (κ2) is 6.32. The van der Waals surface area contributed by atoms with Crippen molar-refractivity contribution in [1.82, 2.24) is 4.98 Å². The molecule has 3 heteroatoms. The molecule has 0 spiro atoms. The highest BCUT2D eigenvalue weighted by atomic mass is 19.1. The topological polar surface area (TPSA) is 24.9 Å². The van der Waals surface area contributed by atoms with E-state index in [2.05, 4.69) is 48.4 Å². The number of aromatic nitrogens is 1. The van der Waals surface area contributed by atoms with E-state index in [9.17, 15) is 4.39 Å². The van der Waals surface area contributed by atoms with Crippen molar-refractivity contribution in [3.05, 3.63) is 59.7 Å². The van der Waals surface area contributed by atoms with Gasteiger partial charge in [0.2, 0.25) is 5.95 Å². The summed E-state index contributed by atoms with van der Waals surface area (Å²) >= 11 is 0. The van der Waals surface area contributed by atoms with Crippen LogP contribution >= 0.6 is 0 Å². The molecule has 0 amide bonds. The third-order valence-electron chi connectivity index (χ3n) is 3.13. The highest BCUT2D eigenvalue weighted by Gasteiger charge is 2.05. The van der Waals surface area contributed by atoms with Gasteiger partial charge in [0, 0.05) is 6.04 Å². The molecule has 0 aliphatic rings. The van der Waals surface area contributed by atoms with E-state index >= 15 is 0 Å². The first-order valence-corrected chi connectivity index (χ1v) is 6.66. The number of nitrogens with one attached hydrogen (secondary N) is 1. The quantitative estimate of drug-likeness (QED) is 0.807. The van der Waals surface area contributed by atoms with E-state index in [4.69, 9.17) is 0 Å². The number of anilines is 1. The van der Waals surface area contributed by atoms with Crippen LogP contribution < -0.4 is 5.32 Å². The lowest BCUT2D eigenvalue weighted by molar-refractivity contribution is 0.584. The minimum Gasteiger partial charge on any atom is -0.377 e. The predicted molar refractivity (Wildman–Crippen MR) is 76.7 cm³/mol. The molecular weight excluding hydrogens is 239 g/mol. The van der Waals surface area contributed by atoms with E-state index in [1.54, 1.807) is 6.07 Å². The van der Waals surface area contributed by atoms with Crippen molar-refractivity contribution in [3.8, 4) is 0 Å². The van der Waals surface area contributed by atoms with Crippen molar-refractivity contribution in [1.29, 1.82) is 0 Å². The second-order valence-corrected chi connectivity index (χ2v) is 4.73. The zero-order valence-electron chi connectivity index (χ0n) is 11.4. The first-order valence-electron chi connectivity index (χ1n) is 6.66. The highest BCUT2D eigenvalue weighted by molar-refractivity contribution is 5.43. The fourth-order valence-corrected chi connectivity index (χ4v) is 2.06. The van der Waals surface area contributed by atoms with Crippen LogP contribution in [0.15, 0.2) is 42.6 Å². The predicted octanol–water partition coefficient (Wildman–Crippen LogP) is 4.35. The van der Waals surface area contributed by atoms with E-state index in [0.29, 0.717) is 0 Å². The Morgan fingerprint density at radius 1 is 1.16 bits per heavy atom. The largest absolute Gasteiger partial charge is 0.377 e. The van der Waals surface area contributed by atoms with Gasteiger partial charge in [0.15, 0.2) is 0 Å². The van der Waals surface area contributed by atoms with Gasteiger partial charge in [0.1, 0.15) is 0 Å². The molecule has 0 aliphatic heterocycles. The Labute approximate surface area is 113 Å². The van der Waals surface area contributed by atoms with Crippen molar-refractivity contribution in [2.75, 3.05) is 5.32 Å². The van der Waals surface area contributed by atoms with Gasteiger partial charge in [-0.1, -0.05) is 37.6 Å². The Morgan fingerprint density at radius 3 is 2.47 bits per heavy atom. The van der Waals surface area contributed by atoms with Crippen LogP contribution in [0.5, 0.6) is 0 Å². The number of halogens is 1. The van der Waals surface area contributed by atoms with Crippen molar-refractivity contribution >= 4 is 5.69 Å². The van der Waals surface area contributed by atoms with Gasteiger partial charge >= 0.3 is 0 Å². The zero-order chi connectivity index (χ0) is 13.7. The van der Waals surface area contributed by atoms with Crippen LogP contribution in [0.4, 0.5) is 10.1 Å². The fourth-order valence-electron chi connectivity index (χ4n) is 2.06. The number of hydrogen-bond acceptors (Lipinski definition) is 2. The normalized spacial score (nSPS) is 12.2. The van der Waals surface area contributed by atoms with Gasteiger partial charge in [-0.3, -0.25) is 0 Å². The van der Waals surface area contributed by atoms with Gasteiger partial charge in [-0.15, -0.1) is 0 Å². The number of benzene rings is 1. The summed E-state index contributed by atoms with van der Waals surface area (Å²) in [5.74, 6) is -0.456. The van der Waals surface area contributed by atoms with Crippen molar-refractivity contribution in [2.24, 2.45) is 0 Å². The molecule has 0 bridgehead atoms. The van der Waals surface area contributed by atoms with E-state index in [-0.39, 0.29) is 6.04 Å². The summed E-state index contributed by atoms with van der Waals surface area (Å²) in [6, 6.07) is 11.8. The molecule has 2 aromatic rings. The lowest BCUT2D eigenvalue weighted by Gasteiger charge is -2.15. The smallest absolute Gasteiger partial charge is 0.212 e. The number of aryl methyl sites for hydroxylation is 1. The first-order chi connectivity index (χ1) is 9.19. The van der Waals surface area contributed by atoms with Crippen LogP contribution in [0.25, 0.3) is 0 Å². The Hall–Kier alpha value is -1.90. The van der Waals surface area contributed by atoms with Crippen molar-refractivity contribution in [3.63, 3.8) is 0 Å². The molecule has 0 fully saturated rings. The maximum absolute atomic E-state index is 12.7. The number of pyridine rings is 1. The van der Waals surface area contributed by atoms with Gasteiger partial charge < -0.3 is 5.32 Å².